The number of pyridine rings is 1. The van der Waals surface area contributed by atoms with Crippen LogP contribution in [0.1, 0.15) is 17.4 Å². The van der Waals surface area contributed by atoms with Crippen molar-refractivity contribution in [2.24, 2.45) is 0 Å². The molecule has 0 aliphatic rings. The zero-order chi connectivity index (χ0) is 12.3. The van der Waals surface area contributed by atoms with Crippen molar-refractivity contribution in [1.29, 1.82) is 0 Å². The molecule has 0 saturated heterocycles. The average Bonchev–Trinajstić information content (AvgIpc) is 2.30. The minimum atomic E-state index is -0.655. The van der Waals surface area contributed by atoms with Crippen LogP contribution in [-0.2, 0) is 6.42 Å². The number of rotatable bonds is 3. The van der Waals surface area contributed by atoms with E-state index in [9.17, 15) is 9.50 Å². The van der Waals surface area contributed by atoms with Crippen LogP contribution in [0.2, 0.25) is 0 Å². The van der Waals surface area contributed by atoms with Crippen LogP contribution in [0.4, 0.5) is 4.39 Å². The molecule has 0 saturated carbocycles. The van der Waals surface area contributed by atoms with E-state index in [2.05, 4.69) is 4.98 Å². The maximum atomic E-state index is 12.9. The van der Waals surface area contributed by atoms with Gasteiger partial charge in [0.2, 0.25) is 0 Å². The van der Waals surface area contributed by atoms with Crippen LogP contribution in [0.5, 0.6) is 0 Å². The van der Waals surface area contributed by atoms with E-state index < -0.39 is 6.10 Å². The van der Waals surface area contributed by atoms with Crippen molar-refractivity contribution in [3.05, 3.63) is 63.2 Å². The SMILES string of the molecule is OC(Cc1ccccn1)c1ccc(F)cc1I. The van der Waals surface area contributed by atoms with E-state index in [1.165, 1.54) is 12.1 Å². The van der Waals surface area contributed by atoms with Crippen molar-refractivity contribution in [2.75, 3.05) is 0 Å². The summed E-state index contributed by atoms with van der Waals surface area (Å²) in [6.45, 7) is 0. The molecule has 2 nitrogen and oxygen atoms in total. The maximum absolute atomic E-state index is 12.9. The van der Waals surface area contributed by atoms with Crippen molar-refractivity contribution in [3.8, 4) is 0 Å². The predicted molar refractivity (Wildman–Crippen MR) is 72.0 cm³/mol. The Morgan fingerprint density at radius 1 is 1.29 bits per heavy atom. The molecule has 1 aromatic heterocycles. The van der Waals surface area contributed by atoms with E-state index in [0.717, 1.165) is 14.8 Å². The summed E-state index contributed by atoms with van der Waals surface area (Å²) in [4.78, 5) is 4.15. The molecule has 0 amide bonds. The minimum absolute atomic E-state index is 0.289. The lowest BCUT2D eigenvalue weighted by Crippen LogP contribution is -2.05. The standard InChI is InChI=1S/C13H11FINO/c14-9-4-5-11(12(15)7-9)13(17)8-10-3-1-2-6-16-10/h1-7,13,17H,8H2. The molecule has 2 rings (SSSR count). The van der Waals surface area contributed by atoms with E-state index in [1.807, 2.05) is 40.8 Å². The fourth-order valence-electron chi connectivity index (χ4n) is 1.60. The van der Waals surface area contributed by atoms with Gasteiger partial charge in [0, 0.05) is 21.9 Å². The summed E-state index contributed by atoms with van der Waals surface area (Å²) in [6.07, 6.45) is 1.47. The van der Waals surface area contributed by atoms with Crippen molar-refractivity contribution in [1.82, 2.24) is 4.98 Å². The summed E-state index contributed by atoms with van der Waals surface area (Å²) in [5, 5.41) is 10.1. The van der Waals surface area contributed by atoms with Gasteiger partial charge in [0.25, 0.3) is 0 Å². The van der Waals surface area contributed by atoms with Gasteiger partial charge >= 0.3 is 0 Å². The summed E-state index contributed by atoms with van der Waals surface area (Å²) in [5.74, 6) is -0.289. The van der Waals surface area contributed by atoms with E-state index >= 15 is 0 Å². The molecular weight excluding hydrogens is 332 g/mol. The first-order valence-corrected chi connectivity index (χ1v) is 6.27. The molecule has 17 heavy (non-hydrogen) atoms. The van der Waals surface area contributed by atoms with Gasteiger partial charge in [-0.15, -0.1) is 0 Å². The molecule has 0 spiro atoms. The van der Waals surface area contributed by atoms with Gasteiger partial charge in [-0.1, -0.05) is 12.1 Å². The Labute approximate surface area is 113 Å². The van der Waals surface area contributed by atoms with Crippen molar-refractivity contribution >= 4 is 22.6 Å². The third kappa shape index (κ3) is 3.23. The Morgan fingerprint density at radius 2 is 2.12 bits per heavy atom. The second-order valence-electron chi connectivity index (χ2n) is 3.71. The van der Waals surface area contributed by atoms with Crippen LogP contribution >= 0.6 is 22.6 Å². The van der Waals surface area contributed by atoms with E-state index in [1.54, 1.807) is 12.3 Å². The minimum Gasteiger partial charge on any atom is -0.388 e. The fourth-order valence-corrected chi connectivity index (χ4v) is 2.44. The molecule has 0 fully saturated rings. The van der Waals surface area contributed by atoms with Gasteiger partial charge in [-0.2, -0.15) is 0 Å². The maximum Gasteiger partial charge on any atom is 0.124 e. The first-order chi connectivity index (χ1) is 8.16. The largest absolute Gasteiger partial charge is 0.388 e. The van der Waals surface area contributed by atoms with Crippen LogP contribution in [0.25, 0.3) is 0 Å². The van der Waals surface area contributed by atoms with Crippen molar-refractivity contribution in [3.63, 3.8) is 0 Å². The smallest absolute Gasteiger partial charge is 0.124 e. The Bertz CT molecular complexity index is 504. The molecule has 0 bridgehead atoms. The summed E-state index contributed by atoms with van der Waals surface area (Å²) in [6, 6.07) is 9.96. The lowest BCUT2D eigenvalue weighted by molar-refractivity contribution is 0.176. The van der Waals surface area contributed by atoms with Crippen LogP contribution in [-0.4, -0.2) is 10.1 Å². The molecule has 0 aliphatic heterocycles. The van der Waals surface area contributed by atoms with Gasteiger partial charge < -0.3 is 5.11 Å². The molecule has 1 atom stereocenters. The lowest BCUT2D eigenvalue weighted by atomic mass is 10.0. The Kier molecular flexibility index (Phi) is 4.06. The first kappa shape index (κ1) is 12.4. The van der Waals surface area contributed by atoms with Crippen molar-refractivity contribution in [2.45, 2.75) is 12.5 Å². The van der Waals surface area contributed by atoms with Crippen molar-refractivity contribution < 1.29 is 9.50 Å². The highest BCUT2D eigenvalue weighted by atomic mass is 127. The Morgan fingerprint density at radius 3 is 2.76 bits per heavy atom. The summed E-state index contributed by atoms with van der Waals surface area (Å²) in [7, 11) is 0. The van der Waals surface area contributed by atoms with Crippen LogP contribution in [0.15, 0.2) is 42.6 Å². The molecule has 0 aliphatic carbocycles. The zero-order valence-electron chi connectivity index (χ0n) is 8.98. The number of hydrogen-bond donors (Lipinski definition) is 1. The number of nitrogens with zero attached hydrogens (tertiary/aromatic N) is 1. The first-order valence-electron chi connectivity index (χ1n) is 5.20. The Hall–Kier alpha value is -1.01. The Balaban J connectivity index is 2.17. The number of benzene rings is 1. The topological polar surface area (TPSA) is 33.1 Å². The second kappa shape index (κ2) is 5.55. The molecule has 1 unspecified atom stereocenters. The monoisotopic (exact) mass is 343 g/mol. The molecule has 1 N–H and O–H groups in total. The van der Waals surface area contributed by atoms with Gasteiger partial charge in [0.05, 0.1) is 6.10 Å². The van der Waals surface area contributed by atoms with E-state index in [0.29, 0.717) is 6.42 Å². The number of halogens is 2. The predicted octanol–water partition coefficient (Wildman–Crippen LogP) is 3.10. The van der Waals surface area contributed by atoms with Gasteiger partial charge in [-0.25, -0.2) is 4.39 Å². The molecule has 88 valence electrons. The summed E-state index contributed by atoms with van der Waals surface area (Å²) < 4.78 is 13.7. The highest BCUT2D eigenvalue weighted by Gasteiger charge is 2.13. The quantitative estimate of drug-likeness (QED) is 0.869. The normalized spacial score (nSPS) is 12.4. The van der Waals surface area contributed by atoms with E-state index in [-0.39, 0.29) is 5.82 Å². The molecule has 0 radical (unpaired) electrons. The summed E-state index contributed by atoms with van der Waals surface area (Å²) in [5.41, 5.74) is 1.55. The number of aliphatic hydroxyl groups is 1. The third-order valence-electron chi connectivity index (χ3n) is 2.45. The molecule has 4 heteroatoms. The van der Waals surface area contributed by atoms with Crippen LogP contribution < -0.4 is 0 Å². The van der Waals surface area contributed by atoms with Gasteiger partial charge in [0.15, 0.2) is 0 Å². The highest BCUT2D eigenvalue weighted by Crippen LogP contribution is 2.23. The fraction of sp³-hybridized carbons (Fsp3) is 0.154. The van der Waals surface area contributed by atoms with Crippen LogP contribution in [0.3, 0.4) is 0 Å². The zero-order valence-corrected chi connectivity index (χ0v) is 11.1. The van der Waals surface area contributed by atoms with Gasteiger partial charge in [-0.05, 0) is 52.4 Å². The van der Waals surface area contributed by atoms with E-state index in [4.69, 9.17) is 0 Å². The third-order valence-corrected chi connectivity index (χ3v) is 3.38. The van der Waals surface area contributed by atoms with Gasteiger partial charge in [0.1, 0.15) is 5.82 Å². The molecule has 1 aromatic carbocycles. The average molecular weight is 343 g/mol. The van der Waals surface area contributed by atoms with Gasteiger partial charge in [-0.3, -0.25) is 4.98 Å². The van der Waals surface area contributed by atoms with Crippen LogP contribution in [0, 0.1) is 9.39 Å². The molecular formula is C13H11FINO. The molecule has 1 heterocycles. The number of hydrogen-bond acceptors (Lipinski definition) is 2. The number of aliphatic hydroxyl groups excluding tert-OH is 1. The summed E-state index contributed by atoms with van der Waals surface area (Å²) >= 11 is 2.02. The lowest BCUT2D eigenvalue weighted by Gasteiger charge is -2.12. The molecule has 2 aromatic rings. The number of aromatic nitrogens is 1. The highest BCUT2D eigenvalue weighted by molar-refractivity contribution is 14.1. The second-order valence-corrected chi connectivity index (χ2v) is 4.87.